The van der Waals surface area contributed by atoms with Crippen molar-refractivity contribution in [1.29, 1.82) is 0 Å². The molecule has 0 amide bonds. The van der Waals surface area contributed by atoms with Crippen molar-refractivity contribution < 1.29 is 9.53 Å². The minimum absolute atomic E-state index is 0.403. The molecular weight excluding hydrogens is 168 g/mol. The van der Waals surface area contributed by atoms with Crippen LogP contribution >= 0.6 is 0 Å². The van der Waals surface area contributed by atoms with E-state index >= 15 is 0 Å². The van der Waals surface area contributed by atoms with Gasteiger partial charge in [0.25, 0.3) is 0 Å². The van der Waals surface area contributed by atoms with Crippen molar-refractivity contribution in [2.75, 3.05) is 18.6 Å². The zero-order chi connectivity index (χ0) is 10.0. The lowest BCUT2D eigenvalue weighted by molar-refractivity contribution is 0.0600. The van der Waals surface area contributed by atoms with Crippen molar-refractivity contribution in [3.63, 3.8) is 0 Å². The van der Waals surface area contributed by atoms with Gasteiger partial charge in [0, 0.05) is 0 Å². The van der Waals surface area contributed by atoms with Crippen LogP contribution in [0.15, 0.2) is 12.1 Å². The molecule has 0 fully saturated rings. The van der Waals surface area contributed by atoms with E-state index in [2.05, 4.69) is 4.74 Å². The van der Waals surface area contributed by atoms with Gasteiger partial charge in [-0.3, -0.25) is 0 Å². The van der Waals surface area contributed by atoms with Crippen LogP contribution in [-0.4, -0.2) is 13.1 Å². The Morgan fingerprint density at radius 1 is 1.38 bits per heavy atom. The Bertz CT molecular complexity index is 324. The number of rotatable bonds is 1. The number of carbonyl (C=O) groups excluding carboxylic acids is 1. The Morgan fingerprint density at radius 3 is 2.46 bits per heavy atom. The quantitative estimate of drug-likeness (QED) is 0.498. The van der Waals surface area contributed by atoms with Crippen LogP contribution < -0.4 is 11.5 Å². The summed E-state index contributed by atoms with van der Waals surface area (Å²) in [7, 11) is 1.32. The van der Waals surface area contributed by atoms with E-state index in [1.54, 1.807) is 13.0 Å². The van der Waals surface area contributed by atoms with Gasteiger partial charge in [0.15, 0.2) is 0 Å². The molecule has 0 heterocycles. The van der Waals surface area contributed by atoms with Crippen LogP contribution in [0.2, 0.25) is 0 Å². The van der Waals surface area contributed by atoms with Crippen molar-refractivity contribution in [2.24, 2.45) is 0 Å². The second kappa shape index (κ2) is 3.35. The molecule has 70 valence electrons. The Balaban J connectivity index is 3.20. The highest BCUT2D eigenvalue weighted by atomic mass is 16.5. The van der Waals surface area contributed by atoms with Gasteiger partial charge in [-0.25, -0.2) is 4.79 Å². The minimum atomic E-state index is -0.408. The summed E-state index contributed by atoms with van der Waals surface area (Å²) in [6.07, 6.45) is 0. The number of nitrogen functional groups attached to an aromatic ring is 2. The maximum Gasteiger partial charge on any atom is 0.337 e. The van der Waals surface area contributed by atoms with Crippen molar-refractivity contribution in [3.05, 3.63) is 23.3 Å². The highest BCUT2D eigenvalue weighted by Crippen LogP contribution is 2.21. The molecule has 0 aliphatic rings. The van der Waals surface area contributed by atoms with Gasteiger partial charge in [0.1, 0.15) is 0 Å². The molecular formula is C9H12N2O2. The third-order valence-corrected chi connectivity index (χ3v) is 1.84. The fourth-order valence-electron chi connectivity index (χ4n) is 1.06. The summed E-state index contributed by atoms with van der Waals surface area (Å²) in [6, 6.07) is 3.16. The summed E-state index contributed by atoms with van der Waals surface area (Å²) in [4.78, 5) is 11.1. The molecule has 1 rings (SSSR count). The molecule has 4 nitrogen and oxygen atoms in total. The van der Waals surface area contributed by atoms with Crippen molar-refractivity contribution >= 4 is 17.3 Å². The molecule has 4 N–H and O–H groups in total. The Kier molecular flexibility index (Phi) is 2.41. The van der Waals surface area contributed by atoms with Crippen LogP contribution in [0, 0.1) is 6.92 Å². The molecule has 13 heavy (non-hydrogen) atoms. The SMILES string of the molecule is COC(=O)c1cc(C)c(N)c(N)c1. The second-order valence-corrected chi connectivity index (χ2v) is 2.79. The first kappa shape index (κ1) is 9.38. The zero-order valence-corrected chi connectivity index (χ0v) is 7.63. The first-order valence-electron chi connectivity index (χ1n) is 3.80. The van der Waals surface area contributed by atoms with Gasteiger partial charge >= 0.3 is 5.97 Å². The lowest BCUT2D eigenvalue weighted by Gasteiger charge is -2.06. The number of esters is 1. The largest absolute Gasteiger partial charge is 0.465 e. The fourth-order valence-corrected chi connectivity index (χ4v) is 1.06. The van der Waals surface area contributed by atoms with Crippen LogP contribution in [0.3, 0.4) is 0 Å². The summed E-state index contributed by atoms with van der Waals surface area (Å²) in [5.74, 6) is -0.408. The molecule has 0 aliphatic heterocycles. The molecule has 4 heteroatoms. The molecule has 0 saturated carbocycles. The van der Waals surface area contributed by atoms with Crippen LogP contribution in [0.1, 0.15) is 15.9 Å². The minimum Gasteiger partial charge on any atom is -0.465 e. The lowest BCUT2D eigenvalue weighted by atomic mass is 10.1. The van der Waals surface area contributed by atoms with Gasteiger partial charge < -0.3 is 16.2 Å². The van der Waals surface area contributed by atoms with Gasteiger partial charge in [0.2, 0.25) is 0 Å². The topological polar surface area (TPSA) is 78.3 Å². The Hall–Kier alpha value is -1.71. The van der Waals surface area contributed by atoms with Gasteiger partial charge in [-0.05, 0) is 24.6 Å². The maximum absolute atomic E-state index is 11.1. The highest BCUT2D eigenvalue weighted by Gasteiger charge is 2.08. The lowest BCUT2D eigenvalue weighted by Crippen LogP contribution is -2.05. The normalized spacial score (nSPS) is 9.69. The fraction of sp³-hybridized carbons (Fsp3) is 0.222. The van der Waals surface area contributed by atoms with Crippen molar-refractivity contribution in [2.45, 2.75) is 6.92 Å². The van der Waals surface area contributed by atoms with Crippen molar-refractivity contribution in [1.82, 2.24) is 0 Å². The van der Waals surface area contributed by atoms with E-state index in [-0.39, 0.29) is 0 Å². The highest BCUT2D eigenvalue weighted by molar-refractivity contribution is 5.92. The number of benzene rings is 1. The van der Waals surface area contributed by atoms with Crippen LogP contribution in [0.5, 0.6) is 0 Å². The number of aryl methyl sites for hydroxylation is 1. The summed E-state index contributed by atoms with van der Waals surface area (Å²) < 4.78 is 4.55. The third kappa shape index (κ3) is 1.72. The van der Waals surface area contributed by atoms with E-state index < -0.39 is 5.97 Å². The van der Waals surface area contributed by atoms with Crippen LogP contribution in [-0.2, 0) is 4.74 Å². The van der Waals surface area contributed by atoms with E-state index in [9.17, 15) is 4.79 Å². The first-order valence-corrected chi connectivity index (χ1v) is 3.80. The zero-order valence-electron chi connectivity index (χ0n) is 7.63. The van der Waals surface area contributed by atoms with E-state index in [0.29, 0.717) is 16.9 Å². The first-order chi connectivity index (χ1) is 6.06. The van der Waals surface area contributed by atoms with Gasteiger partial charge in [0.05, 0.1) is 24.0 Å². The number of nitrogens with two attached hydrogens (primary N) is 2. The predicted octanol–water partition coefficient (Wildman–Crippen LogP) is 0.946. The average molecular weight is 180 g/mol. The summed E-state index contributed by atoms with van der Waals surface area (Å²) >= 11 is 0. The molecule has 0 spiro atoms. The van der Waals surface area contributed by atoms with E-state index in [1.165, 1.54) is 13.2 Å². The number of methoxy groups -OCH3 is 1. The molecule has 0 aromatic heterocycles. The molecule has 1 aromatic carbocycles. The predicted molar refractivity (Wildman–Crippen MR) is 51.3 cm³/mol. The second-order valence-electron chi connectivity index (χ2n) is 2.79. The number of ether oxygens (including phenoxy) is 1. The summed E-state index contributed by atoms with van der Waals surface area (Å²) in [5.41, 5.74) is 13.3. The summed E-state index contributed by atoms with van der Waals surface area (Å²) in [6.45, 7) is 1.79. The van der Waals surface area contributed by atoms with Crippen molar-refractivity contribution in [3.8, 4) is 0 Å². The maximum atomic E-state index is 11.1. The van der Waals surface area contributed by atoms with Gasteiger partial charge in [-0.2, -0.15) is 0 Å². The monoisotopic (exact) mass is 180 g/mol. The molecule has 0 atom stereocenters. The Morgan fingerprint density at radius 2 is 2.00 bits per heavy atom. The number of anilines is 2. The van der Waals surface area contributed by atoms with E-state index in [0.717, 1.165) is 5.56 Å². The third-order valence-electron chi connectivity index (χ3n) is 1.84. The molecule has 0 radical (unpaired) electrons. The van der Waals surface area contributed by atoms with Gasteiger partial charge in [-0.15, -0.1) is 0 Å². The number of hydrogen-bond donors (Lipinski definition) is 2. The van der Waals surface area contributed by atoms with E-state index in [4.69, 9.17) is 11.5 Å². The van der Waals surface area contributed by atoms with Gasteiger partial charge in [-0.1, -0.05) is 0 Å². The van der Waals surface area contributed by atoms with Crippen LogP contribution in [0.4, 0.5) is 11.4 Å². The molecule has 0 bridgehead atoms. The average Bonchev–Trinajstić information content (AvgIpc) is 2.12. The molecule has 0 unspecified atom stereocenters. The number of carbonyl (C=O) groups is 1. The molecule has 0 aliphatic carbocycles. The van der Waals surface area contributed by atoms with E-state index in [1.807, 2.05) is 0 Å². The Labute approximate surface area is 76.5 Å². The number of hydrogen-bond acceptors (Lipinski definition) is 4. The van der Waals surface area contributed by atoms with Crippen LogP contribution in [0.25, 0.3) is 0 Å². The molecule has 0 saturated heterocycles. The standard InChI is InChI=1S/C9H12N2O2/c1-5-3-6(9(12)13-2)4-7(10)8(5)11/h3-4H,10-11H2,1-2H3. The molecule has 1 aromatic rings. The smallest absolute Gasteiger partial charge is 0.337 e. The summed E-state index contributed by atoms with van der Waals surface area (Å²) in [5, 5.41) is 0.